The van der Waals surface area contributed by atoms with Crippen molar-refractivity contribution in [1.29, 1.82) is 0 Å². The number of nitrogens with two attached hydrogens (primary N) is 2. The minimum absolute atomic E-state index is 0.147. The van der Waals surface area contributed by atoms with Crippen molar-refractivity contribution in [3.8, 4) is 5.75 Å². The van der Waals surface area contributed by atoms with Gasteiger partial charge in [-0.25, -0.2) is 5.43 Å². The molecule has 0 fully saturated rings. The maximum absolute atomic E-state index is 5.45. The minimum atomic E-state index is 0.147. The predicted octanol–water partition coefficient (Wildman–Crippen LogP) is -1.43. The Hall–Kier alpha value is -2.25. The molecule has 3 rings (SSSR count). The highest BCUT2D eigenvalue weighted by Crippen LogP contribution is 2.33. The number of fused-ring (bicyclic) bond motifs is 3. The van der Waals surface area contributed by atoms with Gasteiger partial charge < -0.3 is 15.0 Å². The first-order valence-electron chi connectivity index (χ1n) is 6.97. The first kappa shape index (κ1) is 13.7. The van der Waals surface area contributed by atoms with E-state index in [9.17, 15) is 0 Å². The average Bonchev–Trinajstić information content (AvgIpc) is 2.91. The third kappa shape index (κ3) is 2.41. The lowest BCUT2D eigenvalue weighted by Crippen LogP contribution is -2.83. The van der Waals surface area contributed by atoms with E-state index in [4.69, 9.17) is 16.4 Å². The summed E-state index contributed by atoms with van der Waals surface area (Å²) in [7, 11) is 1.69. The second kappa shape index (κ2) is 5.63. The summed E-state index contributed by atoms with van der Waals surface area (Å²) in [6, 6.07) is 6.25. The fraction of sp³-hybridized carbons (Fsp3) is 0.357. The van der Waals surface area contributed by atoms with Gasteiger partial charge in [0.15, 0.2) is 0 Å². The summed E-state index contributed by atoms with van der Waals surface area (Å²) in [4.78, 5) is 3.50. The zero-order chi connectivity index (χ0) is 14.8. The van der Waals surface area contributed by atoms with Crippen LogP contribution in [0.2, 0.25) is 0 Å². The van der Waals surface area contributed by atoms with Gasteiger partial charge in [-0.3, -0.25) is 5.84 Å². The van der Waals surface area contributed by atoms with E-state index in [2.05, 4.69) is 33.0 Å². The first-order valence-corrected chi connectivity index (χ1v) is 6.97. The first-order chi connectivity index (χ1) is 10.3. The number of aromatic amines is 1. The Morgan fingerprint density at radius 3 is 3.10 bits per heavy atom. The van der Waals surface area contributed by atoms with Gasteiger partial charge in [-0.2, -0.15) is 10.9 Å². The van der Waals surface area contributed by atoms with Crippen LogP contribution in [0.3, 0.4) is 0 Å². The van der Waals surface area contributed by atoms with E-state index in [0.717, 1.165) is 24.2 Å². The number of H-pyrrole nitrogens is 1. The third-order valence-corrected chi connectivity index (χ3v) is 4.02. The van der Waals surface area contributed by atoms with Crippen molar-refractivity contribution < 1.29 is 9.84 Å². The van der Waals surface area contributed by atoms with Crippen molar-refractivity contribution in [1.82, 2.24) is 15.7 Å². The molecule has 1 aliphatic rings. The maximum atomic E-state index is 5.45. The van der Waals surface area contributed by atoms with E-state index < -0.39 is 0 Å². The van der Waals surface area contributed by atoms with Crippen LogP contribution in [0, 0.1) is 0 Å². The van der Waals surface area contributed by atoms with Gasteiger partial charge in [0.25, 0.3) is 5.84 Å². The molecule has 0 amide bonds. The van der Waals surface area contributed by atoms with Crippen molar-refractivity contribution >= 4 is 16.7 Å². The zero-order valence-corrected chi connectivity index (χ0v) is 12.0. The molecule has 7 heteroatoms. The number of rotatable bonds is 3. The monoisotopic (exact) mass is 289 g/mol. The summed E-state index contributed by atoms with van der Waals surface area (Å²) in [5.41, 5.74) is 6.23. The van der Waals surface area contributed by atoms with E-state index in [1.54, 1.807) is 7.11 Å². The molecule has 1 aromatic carbocycles. The molecule has 1 unspecified atom stereocenters. The van der Waals surface area contributed by atoms with Gasteiger partial charge in [-0.1, -0.05) is 0 Å². The highest BCUT2D eigenvalue weighted by atomic mass is 16.5. The van der Waals surface area contributed by atoms with E-state index in [1.807, 2.05) is 6.07 Å². The Balaban J connectivity index is 2.01. The van der Waals surface area contributed by atoms with Gasteiger partial charge in [-0.05, 0) is 36.7 Å². The number of hydrazone groups is 1. The average molecular weight is 289 g/mol. The van der Waals surface area contributed by atoms with Crippen molar-refractivity contribution in [2.45, 2.75) is 18.9 Å². The third-order valence-electron chi connectivity index (χ3n) is 4.02. The van der Waals surface area contributed by atoms with E-state index in [-0.39, 0.29) is 6.04 Å². The summed E-state index contributed by atoms with van der Waals surface area (Å²) in [5, 5.41) is 7.30. The molecule has 0 saturated heterocycles. The van der Waals surface area contributed by atoms with Gasteiger partial charge >= 0.3 is 0 Å². The van der Waals surface area contributed by atoms with Crippen molar-refractivity contribution in [2.24, 2.45) is 11.7 Å². The van der Waals surface area contributed by atoms with E-state index >= 15 is 0 Å². The Morgan fingerprint density at radius 2 is 2.38 bits per heavy atom. The molecule has 2 heterocycles. The highest BCUT2D eigenvalue weighted by molar-refractivity contribution is 5.87. The molecule has 21 heavy (non-hydrogen) atoms. The van der Waals surface area contributed by atoms with Crippen LogP contribution in [0.4, 0.5) is 0 Å². The van der Waals surface area contributed by atoms with Crippen LogP contribution in [0.1, 0.15) is 23.7 Å². The molecule has 1 aliphatic heterocycles. The largest absolute Gasteiger partial charge is 0.497 e. The molecular weight excluding hydrogens is 268 g/mol. The molecule has 0 saturated carbocycles. The number of amidine groups is 1. The van der Waals surface area contributed by atoms with Crippen LogP contribution < -0.4 is 32.3 Å². The Morgan fingerprint density at radius 1 is 1.52 bits per heavy atom. The molecule has 0 radical (unpaired) electrons. The minimum Gasteiger partial charge on any atom is -0.497 e. The van der Waals surface area contributed by atoms with Crippen molar-refractivity contribution in [3.63, 3.8) is 0 Å². The second-order valence-corrected chi connectivity index (χ2v) is 5.16. The Labute approximate surface area is 122 Å². The maximum Gasteiger partial charge on any atom is 0.285 e. The number of hydrogen-bond donors (Lipinski definition) is 6. The second-order valence-electron chi connectivity index (χ2n) is 5.16. The van der Waals surface area contributed by atoms with Gasteiger partial charge in [0.2, 0.25) is 0 Å². The van der Waals surface area contributed by atoms with Crippen LogP contribution >= 0.6 is 0 Å². The summed E-state index contributed by atoms with van der Waals surface area (Å²) in [6.07, 6.45) is 1.66. The molecule has 1 atom stereocenters. The summed E-state index contributed by atoms with van der Waals surface area (Å²) in [5.74, 6) is 12.5. The van der Waals surface area contributed by atoms with Gasteiger partial charge in [0.05, 0.1) is 19.6 Å². The molecule has 2 aromatic rings. The number of hydrazine groups is 2. The summed E-state index contributed by atoms with van der Waals surface area (Å²) >= 11 is 0. The molecule has 0 bridgehead atoms. The van der Waals surface area contributed by atoms with Gasteiger partial charge in [0, 0.05) is 16.6 Å². The number of aromatic nitrogens is 1. The molecule has 1 aromatic heterocycles. The van der Waals surface area contributed by atoms with E-state index in [1.165, 1.54) is 16.6 Å². The van der Waals surface area contributed by atoms with Crippen LogP contribution in [0.15, 0.2) is 18.2 Å². The number of ether oxygens (including phenoxy) is 1. The number of nitrogens with one attached hydrogen (secondary N) is 4. The lowest BCUT2D eigenvalue weighted by molar-refractivity contribution is -0.473. The van der Waals surface area contributed by atoms with Crippen LogP contribution in [-0.2, 0) is 6.42 Å². The van der Waals surface area contributed by atoms with Crippen molar-refractivity contribution in [3.05, 3.63) is 29.5 Å². The molecular formula is C14H21N6O+. The van der Waals surface area contributed by atoms with Crippen molar-refractivity contribution in [2.75, 3.05) is 13.7 Å². The Bertz CT molecular complexity index is 677. The summed E-state index contributed by atoms with van der Waals surface area (Å²) < 4.78 is 5.32. The van der Waals surface area contributed by atoms with Crippen LogP contribution in [0.25, 0.3) is 10.9 Å². The number of methoxy groups -OCH3 is 1. The normalized spacial score (nSPS) is 18.6. The lowest BCUT2D eigenvalue weighted by atomic mass is 9.97. The fourth-order valence-electron chi connectivity index (χ4n) is 2.95. The predicted molar refractivity (Wildman–Crippen MR) is 81.4 cm³/mol. The Kier molecular flexibility index (Phi) is 3.68. The molecule has 0 spiro atoms. The molecule has 7 nitrogen and oxygen atoms in total. The van der Waals surface area contributed by atoms with Crippen LogP contribution in [0.5, 0.6) is 5.75 Å². The molecule has 0 aliphatic carbocycles. The topological polar surface area (TPSA) is 115 Å². The number of hydrogen-bond acceptors (Lipinski definition) is 4. The van der Waals surface area contributed by atoms with E-state index in [0.29, 0.717) is 12.3 Å². The number of benzene rings is 1. The lowest BCUT2D eigenvalue weighted by Gasteiger charge is -2.23. The fourth-order valence-corrected chi connectivity index (χ4v) is 2.95. The molecule has 112 valence electrons. The quantitative estimate of drug-likeness (QED) is 0.179. The van der Waals surface area contributed by atoms with Crippen LogP contribution in [-0.4, -0.2) is 24.5 Å². The highest BCUT2D eigenvalue weighted by Gasteiger charge is 2.26. The standard InChI is InChI=1S/C14H20N6O/c1-21-8-2-3-11-10(6-8)9-4-5-17-12(14(9)18-11)7-13(19-15)20-16/h2-3,6,12,17-18H,4-5,7,15-16H2,1H3,(H,19,20)/p+1. The SMILES string of the molecule is COc1ccc2[nH]c3c(c2c1)CCNC3C/C(NN)=[NH+]/N. The zero-order valence-electron chi connectivity index (χ0n) is 12.0. The molecule has 8 N–H and O–H groups in total. The summed E-state index contributed by atoms with van der Waals surface area (Å²) in [6.45, 7) is 0.921. The smallest absolute Gasteiger partial charge is 0.285 e. The van der Waals surface area contributed by atoms with Gasteiger partial charge in [-0.15, -0.1) is 0 Å². The van der Waals surface area contributed by atoms with Gasteiger partial charge in [0.1, 0.15) is 5.75 Å².